The fraction of sp³-hybridized carbons (Fsp3) is 0.500. The standard InChI is InChI=1S/C36H57N3Si3/c1-40(2,3)25-22-31-10-16-34(17-11-31)37-28-38(35-18-12-32(13-19-35)23-26-41(4,5)6)30-39(29-37)36-20-14-33(15-21-36)24-27-42(7,8)9/h10-21H,22-30H2,1-9H3. The van der Waals surface area contributed by atoms with Crippen LogP contribution in [0.2, 0.25) is 77.1 Å². The van der Waals surface area contributed by atoms with E-state index >= 15 is 0 Å². The van der Waals surface area contributed by atoms with Crippen LogP contribution in [0.5, 0.6) is 0 Å². The van der Waals surface area contributed by atoms with Gasteiger partial charge in [0, 0.05) is 41.3 Å². The Balaban J connectivity index is 1.53. The van der Waals surface area contributed by atoms with E-state index in [1.807, 2.05) is 0 Å². The van der Waals surface area contributed by atoms with Gasteiger partial charge in [0.2, 0.25) is 0 Å². The zero-order chi connectivity index (χ0) is 30.5. The Morgan fingerprint density at radius 1 is 0.381 bits per heavy atom. The third-order valence-electron chi connectivity index (χ3n) is 8.42. The Morgan fingerprint density at radius 3 is 0.786 bits per heavy atom. The predicted octanol–water partition coefficient (Wildman–Crippen LogP) is 10.0. The van der Waals surface area contributed by atoms with E-state index in [0.717, 1.165) is 20.0 Å². The maximum Gasteiger partial charge on any atom is 0.0937 e. The minimum absolute atomic E-state index is 0.896. The molecule has 0 bridgehead atoms. The van der Waals surface area contributed by atoms with Crippen LogP contribution >= 0.6 is 0 Å². The quantitative estimate of drug-likeness (QED) is 0.188. The fourth-order valence-corrected chi connectivity index (χ4v) is 8.54. The van der Waals surface area contributed by atoms with Gasteiger partial charge in [0.15, 0.2) is 0 Å². The van der Waals surface area contributed by atoms with Gasteiger partial charge in [0.05, 0.1) is 20.0 Å². The smallest absolute Gasteiger partial charge is 0.0937 e. The van der Waals surface area contributed by atoms with Crippen LogP contribution in [0.15, 0.2) is 72.8 Å². The van der Waals surface area contributed by atoms with E-state index in [0.29, 0.717) is 0 Å². The first kappa shape index (κ1) is 32.6. The first-order valence-corrected chi connectivity index (χ1v) is 27.3. The highest BCUT2D eigenvalue weighted by Gasteiger charge is 2.25. The van der Waals surface area contributed by atoms with Crippen LogP contribution in [0.4, 0.5) is 17.1 Å². The third kappa shape index (κ3) is 10.5. The summed E-state index contributed by atoms with van der Waals surface area (Å²) in [7, 11) is -3.11. The minimum Gasteiger partial charge on any atom is -0.336 e. The molecule has 42 heavy (non-hydrogen) atoms. The number of benzene rings is 3. The molecule has 1 aliphatic rings. The van der Waals surface area contributed by atoms with Crippen molar-refractivity contribution in [1.82, 2.24) is 0 Å². The first-order valence-electron chi connectivity index (χ1n) is 16.2. The lowest BCUT2D eigenvalue weighted by atomic mass is 10.1. The number of rotatable bonds is 12. The third-order valence-corrected chi connectivity index (χ3v) is 13.7. The van der Waals surface area contributed by atoms with Crippen LogP contribution in [0.3, 0.4) is 0 Å². The van der Waals surface area contributed by atoms with Crippen molar-refractivity contribution >= 4 is 41.3 Å². The van der Waals surface area contributed by atoms with Crippen molar-refractivity contribution in [3.63, 3.8) is 0 Å². The van der Waals surface area contributed by atoms with Crippen LogP contribution in [0, 0.1) is 0 Å². The summed E-state index contributed by atoms with van der Waals surface area (Å²) in [5.41, 5.74) is 8.32. The van der Waals surface area contributed by atoms with E-state index in [-0.39, 0.29) is 0 Å². The predicted molar refractivity (Wildman–Crippen MR) is 197 cm³/mol. The Bertz CT molecular complexity index is 1080. The molecule has 1 aliphatic heterocycles. The summed E-state index contributed by atoms with van der Waals surface area (Å²) >= 11 is 0. The van der Waals surface area contributed by atoms with E-state index in [1.165, 1.54) is 71.1 Å². The van der Waals surface area contributed by atoms with Crippen molar-refractivity contribution < 1.29 is 0 Å². The first-order chi connectivity index (χ1) is 19.6. The topological polar surface area (TPSA) is 9.72 Å². The van der Waals surface area contributed by atoms with Gasteiger partial charge >= 0.3 is 0 Å². The summed E-state index contributed by atoms with van der Waals surface area (Å²) < 4.78 is 0. The molecule has 0 spiro atoms. The zero-order valence-corrected chi connectivity index (χ0v) is 31.1. The molecule has 6 heteroatoms. The van der Waals surface area contributed by atoms with E-state index in [9.17, 15) is 0 Å². The average Bonchev–Trinajstić information content (AvgIpc) is 2.93. The van der Waals surface area contributed by atoms with Gasteiger partial charge in [-0.15, -0.1) is 0 Å². The molecule has 1 saturated heterocycles. The molecule has 0 atom stereocenters. The zero-order valence-electron chi connectivity index (χ0n) is 28.1. The Kier molecular flexibility index (Phi) is 10.5. The van der Waals surface area contributed by atoms with Crippen LogP contribution in [0.25, 0.3) is 0 Å². The summed E-state index contributed by atoms with van der Waals surface area (Å²) in [6.45, 7) is 24.9. The van der Waals surface area contributed by atoms with E-state index in [2.05, 4.69) is 146 Å². The molecule has 0 saturated carbocycles. The van der Waals surface area contributed by atoms with Gasteiger partial charge in [-0.1, -0.05) is 113 Å². The second kappa shape index (κ2) is 13.6. The normalized spacial score (nSPS) is 14.9. The van der Waals surface area contributed by atoms with E-state index in [4.69, 9.17) is 0 Å². The van der Waals surface area contributed by atoms with Crippen molar-refractivity contribution in [2.75, 3.05) is 34.7 Å². The molecule has 0 aliphatic carbocycles. The van der Waals surface area contributed by atoms with Crippen molar-refractivity contribution in [2.45, 2.75) is 96.3 Å². The lowest BCUT2D eigenvalue weighted by Gasteiger charge is -2.45. The molecule has 0 amide bonds. The summed E-state index contributed by atoms with van der Waals surface area (Å²) in [6, 6.07) is 32.3. The van der Waals surface area contributed by atoms with Gasteiger partial charge in [-0.05, 0) is 72.4 Å². The molecule has 0 aromatic heterocycles. The minimum atomic E-state index is -1.04. The summed E-state index contributed by atoms with van der Waals surface area (Å²) in [5.74, 6) is 0. The van der Waals surface area contributed by atoms with E-state index < -0.39 is 24.2 Å². The summed E-state index contributed by atoms with van der Waals surface area (Å²) in [6.07, 6.45) is 3.59. The maximum absolute atomic E-state index is 2.53. The van der Waals surface area contributed by atoms with Crippen LogP contribution < -0.4 is 14.7 Å². The van der Waals surface area contributed by atoms with Gasteiger partial charge in [0.1, 0.15) is 0 Å². The fourth-order valence-electron chi connectivity index (χ4n) is 5.42. The lowest BCUT2D eigenvalue weighted by Crippen LogP contribution is -2.55. The Labute approximate surface area is 261 Å². The molecule has 4 rings (SSSR count). The average molecular weight is 616 g/mol. The Hall–Kier alpha value is -2.29. The van der Waals surface area contributed by atoms with Crippen LogP contribution in [-0.2, 0) is 19.3 Å². The second-order valence-corrected chi connectivity index (χ2v) is 33.1. The molecule has 3 aromatic rings. The van der Waals surface area contributed by atoms with Gasteiger partial charge in [-0.3, -0.25) is 0 Å². The van der Waals surface area contributed by atoms with Gasteiger partial charge < -0.3 is 14.7 Å². The SMILES string of the molecule is C[Si](C)(C)CCc1ccc(N2CN(c3ccc(CC[Si](C)(C)C)cc3)CN(c3ccc(CC[Si](C)(C)C)cc3)C2)cc1. The number of nitrogens with zero attached hydrogens (tertiary/aromatic N) is 3. The van der Waals surface area contributed by atoms with Gasteiger partial charge in [0.25, 0.3) is 0 Å². The molecular weight excluding hydrogens is 559 g/mol. The lowest BCUT2D eigenvalue weighted by molar-refractivity contribution is 0.611. The maximum atomic E-state index is 2.53. The van der Waals surface area contributed by atoms with E-state index in [1.54, 1.807) is 0 Å². The number of anilines is 3. The highest BCUT2D eigenvalue weighted by atomic mass is 28.3. The summed E-state index contributed by atoms with van der Waals surface area (Å²) in [5, 5.41) is 0. The molecule has 0 unspecified atom stereocenters. The van der Waals surface area contributed by atoms with Gasteiger partial charge in [-0.25, -0.2) is 0 Å². The molecule has 228 valence electrons. The van der Waals surface area contributed by atoms with Gasteiger partial charge in [-0.2, -0.15) is 0 Å². The van der Waals surface area contributed by atoms with Crippen LogP contribution in [-0.4, -0.2) is 44.2 Å². The molecule has 0 radical (unpaired) electrons. The Morgan fingerprint density at radius 2 is 0.595 bits per heavy atom. The monoisotopic (exact) mass is 615 g/mol. The second-order valence-electron chi connectivity index (χ2n) is 16.2. The highest BCUT2D eigenvalue weighted by Crippen LogP contribution is 2.29. The largest absolute Gasteiger partial charge is 0.336 e. The summed E-state index contributed by atoms with van der Waals surface area (Å²) in [4.78, 5) is 7.60. The van der Waals surface area contributed by atoms with Crippen molar-refractivity contribution in [3.05, 3.63) is 89.5 Å². The number of aryl methyl sites for hydroxylation is 3. The molecule has 1 fully saturated rings. The van der Waals surface area contributed by atoms with Crippen molar-refractivity contribution in [2.24, 2.45) is 0 Å². The van der Waals surface area contributed by atoms with Crippen molar-refractivity contribution in [1.29, 1.82) is 0 Å². The molecule has 3 nitrogen and oxygen atoms in total. The van der Waals surface area contributed by atoms with Crippen LogP contribution in [0.1, 0.15) is 16.7 Å². The molecule has 3 aromatic carbocycles. The number of hydrogen-bond donors (Lipinski definition) is 0. The number of hydrogen-bond acceptors (Lipinski definition) is 3. The molecule has 1 heterocycles. The molecular formula is C36H57N3Si3. The molecule has 0 N–H and O–H groups in total. The van der Waals surface area contributed by atoms with Crippen molar-refractivity contribution in [3.8, 4) is 0 Å². The highest BCUT2D eigenvalue weighted by molar-refractivity contribution is 6.76.